The number of nitrogens with one attached hydrogen (secondary N) is 2. The van der Waals surface area contributed by atoms with Gasteiger partial charge in [-0.2, -0.15) is 0 Å². The summed E-state index contributed by atoms with van der Waals surface area (Å²) in [6.07, 6.45) is 23.3. The molecule has 9 nitrogen and oxygen atoms in total. The summed E-state index contributed by atoms with van der Waals surface area (Å²) in [5, 5.41) is 24.6. The van der Waals surface area contributed by atoms with Crippen molar-refractivity contribution in [2.24, 2.45) is 0 Å². The Labute approximate surface area is 221 Å². The Bertz CT molecular complexity index is 944. The molecule has 0 saturated heterocycles. The number of hydrogen-bond donors (Lipinski definition) is 2. The van der Waals surface area contributed by atoms with Crippen molar-refractivity contribution in [1.29, 1.82) is 0 Å². The second kappa shape index (κ2) is 19.2. The average molecular weight is 516 g/mol. The molecule has 2 rings (SSSR count). The molecule has 0 aliphatic rings. The molecule has 37 heavy (non-hydrogen) atoms. The summed E-state index contributed by atoms with van der Waals surface area (Å²) >= 11 is 0. The van der Waals surface area contributed by atoms with E-state index in [0.29, 0.717) is 30.7 Å². The first-order valence-electron chi connectivity index (χ1n) is 14.2. The minimum atomic E-state index is -0.504. The molecule has 0 aliphatic carbocycles. The number of aromatic nitrogens is 2. The second-order valence-electron chi connectivity index (χ2n) is 9.67. The number of nitro groups is 1. The Hall–Kier alpha value is -2.97. The van der Waals surface area contributed by atoms with Crippen LogP contribution >= 0.6 is 0 Å². The topological polar surface area (TPSA) is 123 Å². The number of allylic oxidation sites excluding steroid dienone is 2. The lowest BCUT2D eigenvalue weighted by atomic mass is 10.1. The van der Waals surface area contributed by atoms with Crippen LogP contribution in [0, 0.1) is 10.1 Å². The van der Waals surface area contributed by atoms with Crippen molar-refractivity contribution in [3.8, 4) is 0 Å². The lowest BCUT2D eigenvalue weighted by Gasteiger charge is -2.08. The third-order valence-electron chi connectivity index (χ3n) is 6.50. The van der Waals surface area contributed by atoms with E-state index in [1.165, 1.54) is 76.7 Å². The van der Waals surface area contributed by atoms with Crippen molar-refractivity contribution in [3.63, 3.8) is 0 Å². The highest BCUT2D eigenvalue weighted by Gasteiger charge is 2.19. The minimum absolute atomic E-state index is 0.122. The van der Waals surface area contributed by atoms with E-state index in [2.05, 4.69) is 44.7 Å². The number of nitro benzene ring substituents is 1. The van der Waals surface area contributed by atoms with Crippen molar-refractivity contribution < 1.29 is 14.3 Å². The molecule has 0 atom stereocenters. The Morgan fingerprint density at radius 1 is 0.865 bits per heavy atom. The quantitative estimate of drug-likeness (QED) is 0.0721. The summed E-state index contributed by atoms with van der Waals surface area (Å²) in [6, 6.07) is 3.00. The highest BCUT2D eigenvalue weighted by molar-refractivity contribution is 5.93. The predicted octanol–water partition coefficient (Wildman–Crippen LogP) is 7.48. The molecular weight excluding hydrogens is 470 g/mol. The van der Waals surface area contributed by atoms with Crippen molar-refractivity contribution in [2.45, 2.75) is 110 Å². The van der Waals surface area contributed by atoms with Gasteiger partial charge in [-0.15, -0.1) is 0 Å². The van der Waals surface area contributed by atoms with Crippen LogP contribution in [0.1, 0.15) is 110 Å². The first kappa shape index (κ1) is 30.3. The molecule has 1 amide bonds. The highest BCUT2D eigenvalue weighted by Crippen LogP contribution is 2.28. The van der Waals surface area contributed by atoms with Gasteiger partial charge in [0.25, 0.3) is 0 Å². The van der Waals surface area contributed by atoms with Crippen molar-refractivity contribution in [3.05, 3.63) is 34.4 Å². The number of hydrogen-bond acceptors (Lipinski definition) is 7. The Kier molecular flexibility index (Phi) is 15.7. The van der Waals surface area contributed by atoms with Crippen LogP contribution in [0.4, 0.5) is 11.4 Å². The molecule has 2 N–H and O–H groups in total. The number of fused-ring (bicyclic) bond motifs is 1. The third kappa shape index (κ3) is 12.7. The number of benzene rings is 1. The van der Waals surface area contributed by atoms with E-state index in [1.54, 1.807) is 6.07 Å². The van der Waals surface area contributed by atoms with Crippen LogP contribution in [0.3, 0.4) is 0 Å². The van der Waals surface area contributed by atoms with Crippen LogP contribution in [-0.2, 0) is 4.79 Å². The Morgan fingerprint density at radius 2 is 1.49 bits per heavy atom. The molecular formula is C28H45N5O4. The molecule has 0 aliphatic heterocycles. The summed E-state index contributed by atoms with van der Waals surface area (Å²) in [5.41, 5.74) is 1.01. The number of amides is 1. The average Bonchev–Trinajstić information content (AvgIpc) is 3.38. The molecule has 0 unspecified atom stereocenters. The predicted molar refractivity (Wildman–Crippen MR) is 149 cm³/mol. The minimum Gasteiger partial charge on any atom is -0.383 e. The molecule has 1 aromatic heterocycles. The zero-order chi connectivity index (χ0) is 26.6. The van der Waals surface area contributed by atoms with Crippen molar-refractivity contribution in [2.75, 3.05) is 18.4 Å². The van der Waals surface area contributed by atoms with Crippen LogP contribution < -0.4 is 10.6 Å². The number of unbranched alkanes of at least 4 members (excludes halogenated alkanes) is 12. The highest BCUT2D eigenvalue weighted by atomic mass is 16.6. The number of non-ortho nitro benzene ring substituents is 1. The fourth-order valence-electron chi connectivity index (χ4n) is 4.29. The number of carbonyl (C=O) groups excluding carboxylic acids is 1. The molecule has 1 aromatic carbocycles. The maximum absolute atomic E-state index is 12.0. The van der Waals surface area contributed by atoms with Crippen LogP contribution in [0.5, 0.6) is 0 Å². The van der Waals surface area contributed by atoms with Gasteiger partial charge in [0.1, 0.15) is 0 Å². The molecule has 2 aromatic rings. The van der Waals surface area contributed by atoms with E-state index in [4.69, 9.17) is 0 Å². The molecule has 0 radical (unpaired) electrons. The normalized spacial score (nSPS) is 11.4. The first-order valence-corrected chi connectivity index (χ1v) is 14.2. The maximum Gasteiger partial charge on any atom is 0.300 e. The van der Waals surface area contributed by atoms with Gasteiger partial charge >= 0.3 is 5.69 Å². The van der Waals surface area contributed by atoms with E-state index < -0.39 is 4.92 Å². The summed E-state index contributed by atoms with van der Waals surface area (Å²) in [6.45, 7) is 3.56. The second-order valence-corrected chi connectivity index (χ2v) is 9.67. The Morgan fingerprint density at radius 3 is 2.19 bits per heavy atom. The summed E-state index contributed by atoms with van der Waals surface area (Å²) in [7, 11) is 0. The monoisotopic (exact) mass is 515 g/mol. The van der Waals surface area contributed by atoms with E-state index in [1.807, 2.05) is 0 Å². The van der Waals surface area contributed by atoms with Crippen molar-refractivity contribution in [1.82, 2.24) is 15.6 Å². The van der Waals surface area contributed by atoms with Gasteiger partial charge in [-0.25, -0.2) is 4.63 Å². The first-order chi connectivity index (χ1) is 18.1. The summed E-state index contributed by atoms with van der Waals surface area (Å²) in [4.78, 5) is 22.6. The third-order valence-corrected chi connectivity index (χ3v) is 6.50. The van der Waals surface area contributed by atoms with E-state index >= 15 is 0 Å². The van der Waals surface area contributed by atoms with Gasteiger partial charge in [-0.1, -0.05) is 70.4 Å². The number of carbonyl (C=O) groups is 1. The fourth-order valence-corrected chi connectivity index (χ4v) is 4.29. The lowest BCUT2D eigenvalue weighted by molar-refractivity contribution is -0.383. The van der Waals surface area contributed by atoms with E-state index in [0.717, 1.165) is 25.7 Å². The number of rotatable bonds is 22. The van der Waals surface area contributed by atoms with Gasteiger partial charge < -0.3 is 10.6 Å². The van der Waals surface area contributed by atoms with Crippen molar-refractivity contribution >= 4 is 28.3 Å². The van der Waals surface area contributed by atoms with Crippen LogP contribution in [0.2, 0.25) is 0 Å². The van der Waals surface area contributed by atoms with E-state index in [9.17, 15) is 14.9 Å². The van der Waals surface area contributed by atoms with Crippen LogP contribution in [0.25, 0.3) is 11.0 Å². The zero-order valence-corrected chi connectivity index (χ0v) is 22.5. The van der Waals surface area contributed by atoms with E-state index in [-0.39, 0.29) is 17.1 Å². The van der Waals surface area contributed by atoms with Gasteiger partial charge in [-0.05, 0) is 61.3 Å². The number of anilines is 1. The van der Waals surface area contributed by atoms with Gasteiger partial charge in [0.15, 0.2) is 5.52 Å². The maximum atomic E-state index is 12.0. The molecule has 9 heteroatoms. The zero-order valence-electron chi connectivity index (χ0n) is 22.5. The van der Waals surface area contributed by atoms with Crippen LogP contribution in [0.15, 0.2) is 28.9 Å². The summed E-state index contributed by atoms with van der Waals surface area (Å²) < 4.78 is 4.67. The number of nitrogens with zero attached hydrogens (tertiary/aromatic N) is 3. The molecule has 0 bridgehead atoms. The molecule has 206 valence electrons. The standard InChI is InChI=1S/C28H45N5O4/c1-2-3-4-5-6-7-8-9-10-11-12-13-14-15-16-19-26(34)30-23-18-17-22-29-24-20-21-25(33(35)36)28-27(24)31-37-32-28/h9-10,20-21,29H,2-8,11-19,22-23H2,1H3,(H,30,34)/b10-9-. The Balaban J connectivity index is 1.39. The molecule has 0 saturated carbocycles. The van der Waals surface area contributed by atoms with Gasteiger partial charge in [0, 0.05) is 25.6 Å². The summed E-state index contributed by atoms with van der Waals surface area (Å²) in [5.74, 6) is 0.122. The van der Waals surface area contributed by atoms with Crippen LogP contribution in [-0.4, -0.2) is 34.2 Å². The molecule has 1 heterocycles. The fraction of sp³-hybridized carbons (Fsp3) is 0.679. The lowest BCUT2D eigenvalue weighted by Crippen LogP contribution is -2.24. The largest absolute Gasteiger partial charge is 0.383 e. The van der Waals surface area contributed by atoms with Gasteiger partial charge in [0.05, 0.1) is 10.6 Å². The molecule has 0 spiro atoms. The molecule has 0 fully saturated rings. The van der Waals surface area contributed by atoms with Gasteiger partial charge in [-0.3, -0.25) is 14.9 Å². The van der Waals surface area contributed by atoms with Gasteiger partial charge in [0.2, 0.25) is 11.4 Å². The SMILES string of the molecule is CCCCCCCC/C=C\CCCCCCCC(=O)NCCCCNc1ccc([N+](=O)[O-])c2nonc12. The smallest absolute Gasteiger partial charge is 0.300 e.